The van der Waals surface area contributed by atoms with Crippen molar-refractivity contribution < 1.29 is 4.42 Å². The van der Waals surface area contributed by atoms with Gasteiger partial charge in [0.05, 0.1) is 12.8 Å². The second kappa shape index (κ2) is 6.85. The fourth-order valence-electron chi connectivity index (χ4n) is 2.04. The molecule has 1 aromatic heterocycles. The Balaban J connectivity index is 2.23. The highest BCUT2D eigenvalue weighted by Gasteiger charge is 2.16. The summed E-state index contributed by atoms with van der Waals surface area (Å²) in [6.07, 6.45) is 7.05. The predicted molar refractivity (Wildman–Crippen MR) is 73.1 cm³/mol. The molecule has 0 amide bonds. The molecule has 0 spiro atoms. The molecule has 0 aliphatic rings. The summed E-state index contributed by atoms with van der Waals surface area (Å²) >= 11 is 0. The molecule has 0 unspecified atom stereocenters. The maximum absolute atomic E-state index is 5.42. The zero-order valence-corrected chi connectivity index (χ0v) is 11.8. The molecule has 0 bridgehead atoms. The van der Waals surface area contributed by atoms with Gasteiger partial charge in [0.15, 0.2) is 0 Å². The molecular weight excluding hydrogens is 210 g/mol. The van der Waals surface area contributed by atoms with Crippen LogP contribution in [0.3, 0.4) is 0 Å². The van der Waals surface area contributed by atoms with E-state index >= 15 is 0 Å². The third kappa shape index (κ3) is 5.40. The summed E-state index contributed by atoms with van der Waals surface area (Å²) < 4.78 is 5.42. The number of unbranched alkanes of at least 4 members (excludes halogenated alkanes) is 2. The summed E-state index contributed by atoms with van der Waals surface area (Å²) in [6, 6.07) is 2.02. The van der Waals surface area contributed by atoms with Crippen molar-refractivity contribution in [3.63, 3.8) is 0 Å². The van der Waals surface area contributed by atoms with E-state index in [1.54, 1.807) is 6.26 Å². The van der Waals surface area contributed by atoms with Crippen LogP contribution in [-0.2, 0) is 6.54 Å². The molecule has 1 heterocycles. The van der Waals surface area contributed by atoms with Gasteiger partial charge in [-0.2, -0.15) is 0 Å². The molecule has 2 heteroatoms. The molecule has 98 valence electrons. The van der Waals surface area contributed by atoms with Gasteiger partial charge in [-0.25, -0.2) is 0 Å². The van der Waals surface area contributed by atoms with E-state index in [9.17, 15) is 0 Å². The summed E-state index contributed by atoms with van der Waals surface area (Å²) in [5.41, 5.74) is 1.62. The van der Waals surface area contributed by atoms with Crippen LogP contribution in [0.4, 0.5) is 0 Å². The van der Waals surface area contributed by atoms with Crippen LogP contribution >= 0.6 is 0 Å². The van der Waals surface area contributed by atoms with Crippen LogP contribution in [0.25, 0.3) is 0 Å². The monoisotopic (exact) mass is 237 g/mol. The zero-order chi connectivity index (χ0) is 12.7. The van der Waals surface area contributed by atoms with Gasteiger partial charge in [0.2, 0.25) is 0 Å². The molecule has 1 rings (SSSR count). The van der Waals surface area contributed by atoms with Crippen molar-refractivity contribution in [2.24, 2.45) is 5.41 Å². The molecule has 0 aliphatic carbocycles. The second-order valence-corrected chi connectivity index (χ2v) is 5.75. The van der Waals surface area contributed by atoms with E-state index in [-0.39, 0.29) is 0 Å². The van der Waals surface area contributed by atoms with E-state index in [4.69, 9.17) is 4.42 Å². The van der Waals surface area contributed by atoms with E-state index in [1.807, 2.05) is 6.07 Å². The molecule has 0 aromatic carbocycles. The first-order valence-electron chi connectivity index (χ1n) is 6.79. The molecule has 2 nitrogen and oxygen atoms in total. The van der Waals surface area contributed by atoms with Gasteiger partial charge < -0.3 is 9.73 Å². The number of hydrogen-bond acceptors (Lipinski definition) is 2. The lowest BCUT2D eigenvalue weighted by Crippen LogP contribution is -2.29. The molecule has 0 atom stereocenters. The van der Waals surface area contributed by atoms with Gasteiger partial charge >= 0.3 is 0 Å². The first kappa shape index (κ1) is 14.3. The second-order valence-electron chi connectivity index (χ2n) is 5.75. The summed E-state index contributed by atoms with van der Waals surface area (Å²) in [5, 5.41) is 3.50. The Morgan fingerprint density at radius 3 is 2.65 bits per heavy atom. The lowest BCUT2D eigenvalue weighted by molar-refractivity contribution is 0.297. The van der Waals surface area contributed by atoms with E-state index in [2.05, 4.69) is 33.0 Å². The highest BCUT2D eigenvalue weighted by atomic mass is 16.3. The van der Waals surface area contributed by atoms with Crippen molar-refractivity contribution in [1.29, 1.82) is 0 Å². The number of aryl methyl sites for hydroxylation is 1. The number of hydrogen-bond donors (Lipinski definition) is 1. The Labute approximate surface area is 106 Å². The van der Waals surface area contributed by atoms with Crippen LogP contribution in [-0.4, -0.2) is 6.54 Å². The van der Waals surface area contributed by atoms with Gasteiger partial charge in [-0.1, -0.05) is 40.0 Å². The van der Waals surface area contributed by atoms with Gasteiger partial charge in [0, 0.05) is 6.54 Å². The molecule has 0 saturated heterocycles. The van der Waals surface area contributed by atoms with E-state index in [0.717, 1.165) is 18.8 Å². The van der Waals surface area contributed by atoms with Crippen LogP contribution in [0.2, 0.25) is 0 Å². The Bertz CT molecular complexity index is 314. The van der Waals surface area contributed by atoms with Crippen molar-refractivity contribution in [2.75, 3.05) is 6.54 Å². The Kier molecular flexibility index (Phi) is 5.76. The average molecular weight is 237 g/mol. The Hall–Kier alpha value is -0.760. The highest BCUT2D eigenvalue weighted by Crippen LogP contribution is 2.22. The third-order valence-electron chi connectivity index (χ3n) is 3.31. The fraction of sp³-hybridized carbons (Fsp3) is 0.733. The smallest absolute Gasteiger partial charge is 0.120 e. The highest BCUT2D eigenvalue weighted by molar-refractivity contribution is 5.14. The Morgan fingerprint density at radius 1 is 1.29 bits per heavy atom. The lowest BCUT2D eigenvalue weighted by atomic mass is 9.87. The van der Waals surface area contributed by atoms with E-state index in [1.165, 1.54) is 31.2 Å². The van der Waals surface area contributed by atoms with Crippen molar-refractivity contribution in [3.8, 4) is 0 Å². The topological polar surface area (TPSA) is 25.2 Å². The van der Waals surface area contributed by atoms with Gasteiger partial charge in [0.25, 0.3) is 0 Å². The standard InChI is InChI=1S/C15H27NO/c1-5-6-7-9-15(3,4)12-16-11-14-13(2)8-10-17-14/h8,10,16H,5-7,9,11-12H2,1-4H3. The van der Waals surface area contributed by atoms with Gasteiger partial charge in [-0.15, -0.1) is 0 Å². The van der Waals surface area contributed by atoms with Crippen LogP contribution in [0.15, 0.2) is 16.7 Å². The number of rotatable bonds is 8. The Morgan fingerprint density at radius 2 is 2.06 bits per heavy atom. The predicted octanol–water partition coefficient (Wildman–Crippen LogP) is 4.28. The minimum atomic E-state index is 0.385. The summed E-state index contributed by atoms with van der Waals surface area (Å²) in [4.78, 5) is 0. The van der Waals surface area contributed by atoms with Crippen LogP contribution in [0.5, 0.6) is 0 Å². The van der Waals surface area contributed by atoms with Crippen molar-refractivity contribution >= 4 is 0 Å². The van der Waals surface area contributed by atoms with Gasteiger partial charge in [-0.3, -0.25) is 0 Å². The third-order valence-corrected chi connectivity index (χ3v) is 3.31. The van der Waals surface area contributed by atoms with E-state index < -0.39 is 0 Å². The molecule has 0 aliphatic heterocycles. The molecule has 17 heavy (non-hydrogen) atoms. The first-order chi connectivity index (χ1) is 8.05. The minimum absolute atomic E-state index is 0.385. The summed E-state index contributed by atoms with van der Waals surface area (Å²) in [6.45, 7) is 10.9. The number of nitrogens with one attached hydrogen (secondary N) is 1. The van der Waals surface area contributed by atoms with Crippen LogP contribution in [0, 0.1) is 12.3 Å². The number of furan rings is 1. The molecule has 0 radical (unpaired) electrons. The van der Waals surface area contributed by atoms with Crippen molar-refractivity contribution in [3.05, 3.63) is 23.7 Å². The SMILES string of the molecule is CCCCCC(C)(C)CNCc1occc1C. The average Bonchev–Trinajstić information content (AvgIpc) is 2.64. The minimum Gasteiger partial charge on any atom is -0.468 e. The maximum Gasteiger partial charge on any atom is 0.120 e. The zero-order valence-electron chi connectivity index (χ0n) is 11.8. The van der Waals surface area contributed by atoms with Gasteiger partial charge in [-0.05, 0) is 30.4 Å². The van der Waals surface area contributed by atoms with Crippen molar-refractivity contribution in [1.82, 2.24) is 5.32 Å². The molecule has 0 saturated carbocycles. The molecule has 1 N–H and O–H groups in total. The normalized spacial score (nSPS) is 12.0. The molecular formula is C15H27NO. The lowest BCUT2D eigenvalue weighted by Gasteiger charge is -2.24. The largest absolute Gasteiger partial charge is 0.468 e. The quantitative estimate of drug-likeness (QED) is 0.682. The van der Waals surface area contributed by atoms with E-state index in [0.29, 0.717) is 5.41 Å². The van der Waals surface area contributed by atoms with Crippen LogP contribution in [0.1, 0.15) is 57.8 Å². The maximum atomic E-state index is 5.42. The summed E-state index contributed by atoms with van der Waals surface area (Å²) in [5.74, 6) is 1.06. The fourth-order valence-corrected chi connectivity index (χ4v) is 2.04. The van der Waals surface area contributed by atoms with Crippen LogP contribution < -0.4 is 5.32 Å². The molecule has 1 aromatic rings. The first-order valence-corrected chi connectivity index (χ1v) is 6.79. The molecule has 0 fully saturated rings. The van der Waals surface area contributed by atoms with Crippen molar-refractivity contribution in [2.45, 2.75) is 59.9 Å². The van der Waals surface area contributed by atoms with Gasteiger partial charge in [0.1, 0.15) is 5.76 Å². The summed E-state index contributed by atoms with van der Waals surface area (Å²) in [7, 11) is 0.